The Morgan fingerprint density at radius 3 is 2.31 bits per heavy atom. The van der Waals surface area contributed by atoms with Crippen LogP contribution in [0.1, 0.15) is 46.2 Å². The van der Waals surface area contributed by atoms with Gasteiger partial charge in [-0.25, -0.2) is 0 Å². The molecule has 0 radical (unpaired) electrons. The molecule has 0 spiro atoms. The Labute approximate surface area is 231 Å². The Morgan fingerprint density at radius 1 is 0.821 bits per heavy atom. The van der Waals surface area contributed by atoms with Gasteiger partial charge in [-0.15, -0.1) is 0 Å². The highest BCUT2D eigenvalue weighted by Gasteiger charge is 2.31. The molecular formula is C32H38N2O5. The highest BCUT2D eigenvalue weighted by Crippen LogP contribution is 2.40. The Bertz CT molecular complexity index is 1320. The molecule has 3 aromatic carbocycles. The molecule has 206 valence electrons. The maximum Gasteiger partial charge on any atom is 0.234 e. The summed E-state index contributed by atoms with van der Waals surface area (Å²) in [4.78, 5) is 15.5. The molecule has 0 aromatic heterocycles. The number of amides is 1. The third-order valence-corrected chi connectivity index (χ3v) is 8.14. The van der Waals surface area contributed by atoms with Crippen LogP contribution in [0, 0.1) is 0 Å². The molecule has 1 aliphatic heterocycles. The van der Waals surface area contributed by atoms with Crippen molar-refractivity contribution in [2.45, 2.75) is 37.6 Å². The van der Waals surface area contributed by atoms with Gasteiger partial charge in [0.15, 0.2) is 23.0 Å². The molecule has 2 aliphatic rings. The minimum absolute atomic E-state index is 0.00962. The summed E-state index contributed by atoms with van der Waals surface area (Å²) in [7, 11) is 6.60. The number of carbonyl (C=O) groups is 1. The van der Waals surface area contributed by atoms with Gasteiger partial charge in [0, 0.05) is 25.0 Å². The fourth-order valence-corrected chi connectivity index (χ4v) is 6.07. The standard InChI is InChI=1S/C32H38N2O5/c1-36-28-12-9-21(16-29(28)37-2)15-27-26-18-31(39-4)30(38-3)17-23(26)13-14-34(27)20-32(35)33-19-24-11-10-22-7-5-6-8-25(22)24/h5-9,12,16-18,24,27H,10-11,13-15,19-20H2,1-4H3,(H,33,35)/t24?,27-/m1/s1. The highest BCUT2D eigenvalue weighted by molar-refractivity contribution is 5.78. The van der Waals surface area contributed by atoms with Crippen LogP contribution in [0.3, 0.4) is 0 Å². The van der Waals surface area contributed by atoms with Crippen LogP contribution >= 0.6 is 0 Å². The predicted octanol–water partition coefficient (Wildman–Crippen LogP) is 4.71. The highest BCUT2D eigenvalue weighted by atomic mass is 16.5. The summed E-state index contributed by atoms with van der Waals surface area (Å²) in [5.41, 5.74) is 6.26. The molecule has 1 N–H and O–H groups in total. The number of nitrogens with one attached hydrogen (secondary N) is 1. The van der Waals surface area contributed by atoms with Gasteiger partial charge in [0.1, 0.15) is 0 Å². The van der Waals surface area contributed by atoms with Crippen molar-refractivity contribution in [1.82, 2.24) is 10.2 Å². The molecule has 7 heteroatoms. The smallest absolute Gasteiger partial charge is 0.234 e. The molecule has 39 heavy (non-hydrogen) atoms. The van der Waals surface area contributed by atoms with Crippen LogP contribution in [0.4, 0.5) is 0 Å². The van der Waals surface area contributed by atoms with Gasteiger partial charge in [-0.3, -0.25) is 9.69 Å². The van der Waals surface area contributed by atoms with Crippen LogP contribution in [0.25, 0.3) is 0 Å². The molecule has 0 saturated carbocycles. The minimum atomic E-state index is -0.00962. The van der Waals surface area contributed by atoms with Gasteiger partial charge in [0.05, 0.1) is 35.0 Å². The summed E-state index contributed by atoms with van der Waals surface area (Å²) in [6.07, 6.45) is 3.71. The van der Waals surface area contributed by atoms with Gasteiger partial charge >= 0.3 is 0 Å². The van der Waals surface area contributed by atoms with E-state index >= 15 is 0 Å². The topological polar surface area (TPSA) is 69.3 Å². The first-order valence-corrected chi connectivity index (χ1v) is 13.6. The van der Waals surface area contributed by atoms with Gasteiger partial charge in [-0.1, -0.05) is 30.3 Å². The molecule has 3 aromatic rings. The first kappa shape index (κ1) is 26.9. The summed E-state index contributed by atoms with van der Waals surface area (Å²) in [6, 6.07) is 18.7. The second-order valence-electron chi connectivity index (χ2n) is 10.3. The van der Waals surface area contributed by atoms with Crippen molar-refractivity contribution in [2.24, 2.45) is 0 Å². The van der Waals surface area contributed by atoms with Crippen molar-refractivity contribution in [3.63, 3.8) is 0 Å². The van der Waals surface area contributed by atoms with E-state index in [0.717, 1.165) is 42.7 Å². The van der Waals surface area contributed by atoms with Crippen molar-refractivity contribution in [2.75, 3.05) is 48.1 Å². The largest absolute Gasteiger partial charge is 0.493 e. The molecule has 2 atom stereocenters. The molecule has 5 rings (SSSR count). The molecular weight excluding hydrogens is 492 g/mol. The van der Waals surface area contributed by atoms with E-state index in [1.807, 2.05) is 12.1 Å². The quantitative estimate of drug-likeness (QED) is 0.410. The fraction of sp³-hybridized carbons (Fsp3) is 0.406. The molecule has 1 aliphatic carbocycles. The van der Waals surface area contributed by atoms with E-state index in [2.05, 4.69) is 52.7 Å². The second-order valence-corrected chi connectivity index (χ2v) is 10.3. The fourth-order valence-electron chi connectivity index (χ4n) is 6.07. The number of nitrogens with zero attached hydrogens (tertiary/aromatic N) is 1. The van der Waals surface area contributed by atoms with Crippen LogP contribution in [-0.4, -0.2) is 58.9 Å². The minimum Gasteiger partial charge on any atom is -0.493 e. The van der Waals surface area contributed by atoms with Crippen molar-refractivity contribution >= 4 is 5.91 Å². The van der Waals surface area contributed by atoms with Crippen LogP contribution < -0.4 is 24.3 Å². The summed E-state index contributed by atoms with van der Waals surface area (Å²) in [6.45, 7) is 1.78. The molecule has 1 heterocycles. The summed E-state index contributed by atoms with van der Waals surface area (Å²) < 4.78 is 22.2. The SMILES string of the molecule is COc1ccc(C[C@@H]2c3cc(OC)c(OC)cc3CCN2CC(=O)NCC2CCc3ccccc32)cc1OC. The van der Waals surface area contributed by atoms with Crippen LogP contribution in [0.2, 0.25) is 0 Å². The predicted molar refractivity (Wildman–Crippen MR) is 151 cm³/mol. The molecule has 0 fully saturated rings. The lowest BCUT2D eigenvalue weighted by Crippen LogP contribution is -2.44. The first-order chi connectivity index (χ1) is 19.0. The van der Waals surface area contributed by atoms with Crippen molar-refractivity contribution in [1.29, 1.82) is 0 Å². The number of fused-ring (bicyclic) bond motifs is 2. The number of hydrogen-bond donors (Lipinski definition) is 1. The normalized spacial score (nSPS) is 18.2. The maximum atomic E-state index is 13.3. The van der Waals surface area contributed by atoms with Crippen molar-refractivity contribution in [3.05, 3.63) is 82.4 Å². The van der Waals surface area contributed by atoms with Gasteiger partial charge in [-0.05, 0) is 77.8 Å². The number of benzene rings is 3. The number of carbonyl (C=O) groups excluding carboxylic acids is 1. The number of methoxy groups -OCH3 is 4. The van der Waals surface area contributed by atoms with E-state index in [4.69, 9.17) is 18.9 Å². The summed E-state index contributed by atoms with van der Waals surface area (Å²) in [5, 5.41) is 3.23. The van der Waals surface area contributed by atoms with Gasteiger partial charge in [0.25, 0.3) is 0 Å². The lowest BCUT2D eigenvalue weighted by Gasteiger charge is -2.37. The third-order valence-electron chi connectivity index (χ3n) is 8.14. The van der Waals surface area contributed by atoms with E-state index in [9.17, 15) is 4.79 Å². The van der Waals surface area contributed by atoms with Crippen LogP contribution in [0.5, 0.6) is 23.0 Å². The van der Waals surface area contributed by atoms with E-state index in [-0.39, 0.29) is 11.9 Å². The second kappa shape index (κ2) is 12.0. The van der Waals surface area contributed by atoms with Crippen LogP contribution in [-0.2, 0) is 24.1 Å². The molecule has 0 saturated heterocycles. The monoisotopic (exact) mass is 530 g/mol. The summed E-state index contributed by atoms with van der Waals surface area (Å²) in [5.74, 6) is 3.25. The lowest BCUT2D eigenvalue weighted by molar-refractivity contribution is -0.123. The number of hydrogen-bond acceptors (Lipinski definition) is 6. The van der Waals surface area contributed by atoms with Gasteiger partial charge in [0.2, 0.25) is 5.91 Å². The zero-order valence-corrected chi connectivity index (χ0v) is 23.3. The van der Waals surface area contributed by atoms with Crippen molar-refractivity contribution < 1.29 is 23.7 Å². The number of rotatable bonds is 10. The summed E-state index contributed by atoms with van der Waals surface area (Å²) >= 11 is 0. The molecule has 7 nitrogen and oxygen atoms in total. The van der Waals surface area contributed by atoms with Crippen molar-refractivity contribution in [3.8, 4) is 23.0 Å². The first-order valence-electron chi connectivity index (χ1n) is 13.6. The van der Waals surface area contributed by atoms with E-state index in [1.165, 1.54) is 16.7 Å². The average molecular weight is 531 g/mol. The number of ether oxygens (including phenoxy) is 4. The maximum absolute atomic E-state index is 13.3. The third kappa shape index (κ3) is 5.69. The van der Waals surface area contributed by atoms with E-state index in [0.29, 0.717) is 42.7 Å². The van der Waals surface area contributed by atoms with Crippen LogP contribution in [0.15, 0.2) is 54.6 Å². The Kier molecular flexibility index (Phi) is 8.27. The molecule has 1 unspecified atom stereocenters. The van der Waals surface area contributed by atoms with E-state index in [1.54, 1.807) is 28.4 Å². The van der Waals surface area contributed by atoms with E-state index < -0.39 is 0 Å². The molecule has 0 bridgehead atoms. The van der Waals surface area contributed by atoms with Gasteiger partial charge < -0.3 is 24.3 Å². The lowest BCUT2D eigenvalue weighted by atomic mass is 9.88. The Morgan fingerprint density at radius 2 is 1.54 bits per heavy atom. The van der Waals surface area contributed by atoms with Gasteiger partial charge in [-0.2, -0.15) is 0 Å². The zero-order chi connectivity index (χ0) is 27.4. The number of aryl methyl sites for hydroxylation is 1. The Hall–Kier alpha value is -3.71. The Balaban J connectivity index is 1.37. The average Bonchev–Trinajstić information content (AvgIpc) is 3.39. The molecule has 1 amide bonds. The zero-order valence-electron chi connectivity index (χ0n) is 23.3.